The third kappa shape index (κ3) is 5.22. The summed E-state index contributed by atoms with van der Waals surface area (Å²) in [5.74, 6) is 0.114. The number of carbonyl (C=O) groups excluding carboxylic acids is 1. The Labute approximate surface area is 158 Å². The van der Waals surface area contributed by atoms with Gasteiger partial charge < -0.3 is 20.9 Å². The minimum absolute atomic E-state index is 0. The van der Waals surface area contributed by atoms with Crippen LogP contribution in [0.5, 0.6) is 0 Å². The van der Waals surface area contributed by atoms with Crippen molar-refractivity contribution in [1.82, 2.24) is 10.2 Å². The van der Waals surface area contributed by atoms with Gasteiger partial charge in [-0.15, -0.1) is 24.0 Å². The van der Waals surface area contributed by atoms with Crippen LogP contribution in [0.4, 0.5) is 10.1 Å². The first kappa shape index (κ1) is 18.8. The van der Waals surface area contributed by atoms with Crippen LogP contribution in [0.2, 0.25) is 0 Å². The fourth-order valence-electron chi connectivity index (χ4n) is 2.60. The molecule has 6 nitrogen and oxygen atoms in total. The molecule has 2 fully saturated rings. The highest BCUT2D eigenvalue weighted by atomic mass is 127. The first-order valence-electron chi connectivity index (χ1n) is 7.96. The van der Waals surface area contributed by atoms with Crippen LogP contribution in [0, 0.1) is 5.82 Å². The molecule has 1 saturated heterocycles. The maximum Gasteiger partial charge on any atom is 0.242 e. The Morgan fingerprint density at radius 3 is 2.42 bits per heavy atom. The van der Waals surface area contributed by atoms with Crippen LogP contribution < -0.4 is 16.0 Å². The molecule has 0 radical (unpaired) electrons. The summed E-state index contributed by atoms with van der Waals surface area (Å²) in [4.78, 5) is 20.0. The molecule has 1 saturated carbocycles. The van der Waals surface area contributed by atoms with Gasteiger partial charge in [0.2, 0.25) is 5.91 Å². The number of amides is 1. The predicted octanol–water partition coefficient (Wildman–Crippen LogP) is 1.16. The summed E-state index contributed by atoms with van der Waals surface area (Å²) < 4.78 is 13.0. The summed E-state index contributed by atoms with van der Waals surface area (Å²) >= 11 is 0. The van der Waals surface area contributed by atoms with Gasteiger partial charge in [0.1, 0.15) is 12.4 Å². The van der Waals surface area contributed by atoms with Crippen LogP contribution >= 0.6 is 24.0 Å². The molecule has 0 aromatic heterocycles. The van der Waals surface area contributed by atoms with Crippen LogP contribution in [0.3, 0.4) is 0 Å². The van der Waals surface area contributed by atoms with Gasteiger partial charge in [-0.2, -0.15) is 0 Å². The van der Waals surface area contributed by atoms with E-state index in [0.717, 1.165) is 44.7 Å². The van der Waals surface area contributed by atoms with E-state index < -0.39 is 0 Å². The minimum atomic E-state index is -0.228. The number of nitrogens with two attached hydrogens (primary N) is 1. The van der Waals surface area contributed by atoms with Gasteiger partial charge >= 0.3 is 0 Å². The van der Waals surface area contributed by atoms with Gasteiger partial charge in [-0.1, -0.05) is 0 Å². The Balaban J connectivity index is 0.00000208. The van der Waals surface area contributed by atoms with E-state index in [0.29, 0.717) is 12.0 Å². The average Bonchev–Trinajstić information content (AvgIpc) is 3.37. The molecular weight excluding hydrogens is 424 g/mol. The van der Waals surface area contributed by atoms with Crippen molar-refractivity contribution in [3.63, 3.8) is 0 Å². The van der Waals surface area contributed by atoms with E-state index in [9.17, 15) is 9.18 Å². The van der Waals surface area contributed by atoms with E-state index in [-0.39, 0.29) is 42.2 Å². The highest BCUT2D eigenvalue weighted by molar-refractivity contribution is 14.0. The first-order chi connectivity index (χ1) is 11.1. The number of hydrogen-bond acceptors (Lipinski definition) is 3. The number of benzene rings is 1. The van der Waals surface area contributed by atoms with Gasteiger partial charge in [0, 0.05) is 37.9 Å². The van der Waals surface area contributed by atoms with E-state index in [4.69, 9.17) is 5.73 Å². The highest BCUT2D eigenvalue weighted by Gasteiger charge is 2.23. The smallest absolute Gasteiger partial charge is 0.242 e. The molecule has 1 aromatic rings. The van der Waals surface area contributed by atoms with Crippen molar-refractivity contribution in [3.05, 3.63) is 30.1 Å². The lowest BCUT2D eigenvalue weighted by atomic mass is 10.2. The van der Waals surface area contributed by atoms with Crippen LogP contribution in [0.25, 0.3) is 0 Å². The number of anilines is 1. The quantitative estimate of drug-likeness (QED) is 0.413. The number of aliphatic imine (C=N–C) groups is 1. The molecule has 3 rings (SSSR count). The van der Waals surface area contributed by atoms with Gasteiger partial charge in [0.25, 0.3) is 0 Å². The zero-order valence-electron chi connectivity index (χ0n) is 13.4. The summed E-state index contributed by atoms with van der Waals surface area (Å²) in [5.41, 5.74) is 6.98. The van der Waals surface area contributed by atoms with Crippen LogP contribution in [0.15, 0.2) is 29.3 Å². The number of hydrogen-bond donors (Lipinski definition) is 2. The first-order valence-corrected chi connectivity index (χ1v) is 7.96. The second kappa shape index (κ2) is 8.50. The van der Waals surface area contributed by atoms with Gasteiger partial charge in [-0.25, -0.2) is 9.38 Å². The van der Waals surface area contributed by atoms with Gasteiger partial charge in [-0.3, -0.25) is 4.79 Å². The van der Waals surface area contributed by atoms with Crippen molar-refractivity contribution in [1.29, 1.82) is 0 Å². The largest absolute Gasteiger partial charge is 0.370 e. The fraction of sp³-hybridized carbons (Fsp3) is 0.500. The third-order valence-corrected chi connectivity index (χ3v) is 4.12. The van der Waals surface area contributed by atoms with Crippen molar-refractivity contribution in [3.8, 4) is 0 Å². The van der Waals surface area contributed by atoms with E-state index in [1.165, 1.54) is 12.1 Å². The van der Waals surface area contributed by atoms with Crippen molar-refractivity contribution in [2.45, 2.75) is 18.9 Å². The van der Waals surface area contributed by atoms with Crippen molar-refractivity contribution in [2.24, 2.45) is 10.7 Å². The molecule has 0 spiro atoms. The van der Waals surface area contributed by atoms with E-state index in [2.05, 4.69) is 15.2 Å². The predicted molar refractivity (Wildman–Crippen MR) is 103 cm³/mol. The van der Waals surface area contributed by atoms with Crippen molar-refractivity contribution >= 4 is 41.5 Å². The molecule has 1 aliphatic heterocycles. The van der Waals surface area contributed by atoms with Crippen molar-refractivity contribution in [2.75, 3.05) is 37.6 Å². The molecule has 1 aromatic carbocycles. The van der Waals surface area contributed by atoms with Gasteiger partial charge in [-0.05, 0) is 37.1 Å². The SMILES string of the molecule is I.NC(=NCC(=O)NC1CC1)N1CCN(c2ccc(F)cc2)CC1. The topological polar surface area (TPSA) is 74.0 Å². The second-order valence-corrected chi connectivity index (χ2v) is 5.97. The number of nitrogens with one attached hydrogen (secondary N) is 1. The maximum absolute atomic E-state index is 13.0. The summed E-state index contributed by atoms with van der Waals surface area (Å²) in [6, 6.07) is 6.85. The molecule has 1 aliphatic carbocycles. The maximum atomic E-state index is 13.0. The molecule has 0 unspecified atom stereocenters. The van der Waals surface area contributed by atoms with E-state index in [1.807, 2.05) is 4.90 Å². The Kier molecular flexibility index (Phi) is 6.64. The Bertz CT molecular complexity index is 583. The van der Waals surface area contributed by atoms with Crippen LogP contribution in [0.1, 0.15) is 12.8 Å². The monoisotopic (exact) mass is 447 g/mol. The second-order valence-electron chi connectivity index (χ2n) is 5.97. The lowest BCUT2D eigenvalue weighted by molar-refractivity contribution is -0.119. The Hall–Kier alpha value is -1.58. The zero-order valence-corrected chi connectivity index (χ0v) is 15.8. The zero-order chi connectivity index (χ0) is 16.2. The number of carbonyl (C=O) groups is 1. The molecule has 8 heteroatoms. The fourth-order valence-corrected chi connectivity index (χ4v) is 2.60. The molecular formula is C16H23FIN5O. The van der Waals surface area contributed by atoms with Crippen LogP contribution in [-0.2, 0) is 4.79 Å². The van der Waals surface area contributed by atoms with E-state index in [1.54, 1.807) is 12.1 Å². The summed E-state index contributed by atoms with van der Waals surface area (Å²) in [5, 5.41) is 2.89. The molecule has 1 amide bonds. The minimum Gasteiger partial charge on any atom is -0.370 e. The molecule has 2 aliphatic rings. The van der Waals surface area contributed by atoms with Gasteiger partial charge in [0.15, 0.2) is 5.96 Å². The molecule has 24 heavy (non-hydrogen) atoms. The highest BCUT2D eigenvalue weighted by Crippen LogP contribution is 2.18. The molecule has 1 heterocycles. The number of halogens is 2. The lowest BCUT2D eigenvalue weighted by Gasteiger charge is -2.36. The average molecular weight is 447 g/mol. The molecule has 0 bridgehead atoms. The normalized spacial score (nSPS) is 18.1. The number of guanidine groups is 1. The Morgan fingerprint density at radius 1 is 1.21 bits per heavy atom. The molecule has 0 atom stereocenters. The Morgan fingerprint density at radius 2 is 1.83 bits per heavy atom. The summed E-state index contributed by atoms with van der Waals surface area (Å²) in [6.45, 7) is 3.13. The van der Waals surface area contributed by atoms with E-state index >= 15 is 0 Å². The molecule has 132 valence electrons. The number of nitrogens with zero attached hydrogens (tertiary/aromatic N) is 3. The summed E-state index contributed by atoms with van der Waals surface area (Å²) in [6.07, 6.45) is 2.13. The third-order valence-electron chi connectivity index (χ3n) is 4.12. The van der Waals surface area contributed by atoms with Crippen LogP contribution in [-0.4, -0.2) is 55.5 Å². The standard InChI is InChI=1S/C16H22FN5O.HI/c17-12-1-5-14(6-2-12)21-7-9-22(10-8-21)16(18)19-11-15(23)20-13-3-4-13;/h1-2,5-6,13H,3-4,7-11H2,(H2,18,19)(H,20,23);1H. The number of rotatable bonds is 4. The van der Waals surface area contributed by atoms with Crippen molar-refractivity contribution < 1.29 is 9.18 Å². The summed E-state index contributed by atoms with van der Waals surface area (Å²) in [7, 11) is 0. The number of piperazine rings is 1. The van der Waals surface area contributed by atoms with Gasteiger partial charge in [0.05, 0.1) is 0 Å². The lowest BCUT2D eigenvalue weighted by Crippen LogP contribution is -2.51. The molecule has 3 N–H and O–H groups in total.